The van der Waals surface area contributed by atoms with Crippen LogP contribution in [0.25, 0.3) is 0 Å². The molecule has 1 rings (SSSR count). The van der Waals surface area contributed by atoms with E-state index < -0.39 is 0 Å². The first-order chi connectivity index (χ1) is 6.70. The highest BCUT2D eigenvalue weighted by Crippen LogP contribution is 1.93. The van der Waals surface area contributed by atoms with Gasteiger partial charge in [0.1, 0.15) is 0 Å². The number of nitrogens with one attached hydrogen (secondary N) is 3. The van der Waals surface area contributed by atoms with Gasteiger partial charge in [0.2, 0.25) is 0 Å². The summed E-state index contributed by atoms with van der Waals surface area (Å²) in [5.74, 6) is -0.120. The van der Waals surface area contributed by atoms with Crippen LogP contribution < -0.4 is 16.2 Å². The smallest absolute Gasteiger partial charge is 0.261 e. The summed E-state index contributed by atoms with van der Waals surface area (Å²) in [4.78, 5) is 11.4. The summed E-state index contributed by atoms with van der Waals surface area (Å²) in [7, 11) is 0. The zero-order valence-corrected chi connectivity index (χ0v) is 8.37. The van der Waals surface area contributed by atoms with Crippen LogP contribution in [0, 0.1) is 0 Å². The summed E-state index contributed by atoms with van der Waals surface area (Å²) in [5.41, 5.74) is 6.08. The summed E-state index contributed by atoms with van der Waals surface area (Å²) < 4.78 is 0. The molecule has 0 aliphatic carbocycles. The van der Waals surface area contributed by atoms with Crippen LogP contribution in [0.15, 0.2) is 36.1 Å². The molecular weight excluding hydrogens is 178 g/mol. The third-order valence-corrected chi connectivity index (χ3v) is 1.77. The molecular formula is C10H15N3O. The minimum Gasteiger partial charge on any atom is -0.375 e. The largest absolute Gasteiger partial charge is 0.375 e. The first kappa shape index (κ1) is 10.5. The lowest BCUT2D eigenvalue weighted by atomic mass is 10.2. The number of amides is 1. The van der Waals surface area contributed by atoms with Crippen LogP contribution in [-0.4, -0.2) is 12.1 Å². The van der Waals surface area contributed by atoms with Gasteiger partial charge < -0.3 is 5.32 Å². The Kier molecular flexibility index (Phi) is 3.94. The summed E-state index contributed by atoms with van der Waals surface area (Å²) in [6, 6.07) is 0. The van der Waals surface area contributed by atoms with Gasteiger partial charge in [0, 0.05) is 5.57 Å². The third kappa shape index (κ3) is 3.45. The Morgan fingerprint density at radius 3 is 2.86 bits per heavy atom. The molecule has 0 spiro atoms. The minimum atomic E-state index is -0.120. The number of hydrazine groups is 1. The van der Waals surface area contributed by atoms with Crippen LogP contribution in [0.3, 0.4) is 0 Å². The van der Waals surface area contributed by atoms with Crippen LogP contribution in [-0.2, 0) is 4.79 Å². The van der Waals surface area contributed by atoms with Crippen molar-refractivity contribution in [3.05, 3.63) is 36.1 Å². The van der Waals surface area contributed by atoms with Gasteiger partial charge in [-0.1, -0.05) is 18.2 Å². The fourth-order valence-corrected chi connectivity index (χ4v) is 0.909. The monoisotopic (exact) mass is 193 g/mol. The Labute approximate surface area is 83.7 Å². The van der Waals surface area contributed by atoms with Gasteiger partial charge in [0.15, 0.2) is 0 Å². The lowest BCUT2D eigenvalue weighted by Crippen LogP contribution is -2.48. The maximum absolute atomic E-state index is 11.4. The van der Waals surface area contributed by atoms with E-state index in [0.717, 1.165) is 0 Å². The van der Waals surface area contributed by atoms with Crippen molar-refractivity contribution in [2.45, 2.75) is 20.0 Å². The van der Waals surface area contributed by atoms with Gasteiger partial charge in [-0.05, 0) is 26.1 Å². The molecule has 0 saturated carbocycles. The summed E-state index contributed by atoms with van der Waals surface area (Å²) in [5, 5.41) is 3.03. The van der Waals surface area contributed by atoms with Crippen molar-refractivity contribution in [3.8, 4) is 0 Å². The predicted octanol–water partition coefficient (Wildman–Crippen LogP) is 0.573. The zero-order chi connectivity index (χ0) is 10.4. The highest BCUT2D eigenvalue weighted by atomic mass is 16.2. The van der Waals surface area contributed by atoms with E-state index >= 15 is 0 Å². The molecule has 4 nitrogen and oxygen atoms in total. The standard InChI is InChI=1S/C10H15N3O/c1-8-6-4-3-5-7-11-9(2)12-13-10(8)14/h3-7,9,11-12H,1-2H3,(H,13,14)/b4-3-,7-5+,8-6+. The zero-order valence-electron chi connectivity index (χ0n) is 8.37. The van der Waals surface area contributed by atoms with E-state index in [2.05, 4.69) is 16.2 Å². The maximum Gasteiger partial charge on any atom is 0.261 e. The van der Waals surface area contributed by atoms with E-state index in [1.807, 2.05) is 31.4 Å². The fraction of sp³-hybridized carbons (Fsp3) is 0.300. The Morgan fingerprint density at radius 2 is 2.07 bits per heavy atom. The van der Waals surface area contributed by atoms with Gasteiger partial charge in [-0.25, -0.2) is 5.43 Å². The Hall–Kier alpha value is -1.55. The van der Waals surface area contributed by atoms with Crippen LogP contribution in [0.5, 0.6) is 0 Å². The highest BCUT2D eigenvalue weighted by Gasteiger charge is 2.04. The van der Waals surface area contributed by atoms with Gasteiger partial charge in [0.05, 0.1) is 6.17 Å². The van der Waals surface area contributed by atoms with E-state index in [1.54, 1.807) is 13.0 Å². The van der Waals surface area contributed by atoms with E-state index in [1.165, 1.54) is 0 Å². The molecule has 0 fully saturated rings. The fourth-order valence-electron chi connectivity index (χ4n) is 0.909. The molecule has 0 aromatic carbocycles. The van der Waals surface area contributed by atoms with Crippen molar-refractivity contribution < 1.29 is 4.79 Å². The molecule has 76 valence electrons. The van der Waals surface area contributed by atoms with Gasteiger partial charge in [-0.2, -0.15) is 0 Å². The normalized spacial score (nSPS) is 31.4. The Balaban J connectivity index is 2.72. The van der Waals surface area contributed by atoms with Crippen molar-refractivity contribution in [2.24, 2.45) is 0 Å². The maximum atomic E-state index is 11.4. The van der Waals surface area contributed by atoms with Gasteiger partial charge in [-0.3, -0.25) is 10.2 Å². The van der Waals surface area contributed by atoms with Crippen LogP contribution in [0.1, 0.15) is 13.8 Å². The van der Waals surface area contributed by atoms with E-state index in [-0.39, 0.29) is 12.1 Å². The first-order valence-corrected chi connectivity index (χ1v) is 4.52. The van der Waals surface area contributed by atoms with Crippen molar-refractivity contribution >= 4 is 5.91 Å². The molecule has 4 heteroatoms. The van der Waals surface area contributed by atoms with Crippen LogP contribution in [0.4, 0.5) is 0 Å². The molecule has 0 aromatic rings. The second-order valence-corrected chi connectivity index (χ2v) is 3.08. The summed E-state index contributed by atoms with van der Waals surface area (Å²) in [6.07, 6.45) is 9.13. The van der Waals surface area contributed by atoms with Crippen LogP contribution >= 0.6 is 0 Å². The minimum absolute atomic E-state index is 0.00509. The van der Waals surface area contributed by atoms with E-state index in [9.17, 15) is 4.79 Å². The van der Waals surface area contributed by atoms with Crippen molar-refractivity contribution in [1.29, 1.82) is 0 Å². The molecule has 1 heterocycles. The van der Waals surface area contributed by atoms with E-state index in [0.29, 0.717) is 5.57 Å². The molecule has 0 radical (unpaired) electrons. The molecule has 1 atom stereocenters. The summed E-state index contributed by atoms with van der Waals surface area (Å²) in [6.45, 7) is 3.67. The second-order valence-electron chi connectivity index (χ2n) is 3.08. The Morgan fingerprint density at radius 1 is 1.29 bits per heavy atom. The lowest BCUT2D eigenvalue weighted by molar-refractivity contribution is -0.118. The molecule has 1 amide bonds. The number of rotatable bonds is 0. The van der Waals surface area contributed by atoms with Gasteiger partial charge >= 0.3 is 0 Å². The molecule has 0 bridgehead atoms. The van der Waals surface area contributed by atoms with Crippen molar-refractivity contribution in [2.75, 3.05) is 0 Å². The van der Waals surface area contributed by atoms with Gasteiger partial charge in [0.25, 0.3) is 5.91 Å². The summed E-state index contributed by atoms with van der Waals surface area (Å²) >= 11 is 0. The van der Waals surface area contributed by atoms with Gasteiger partial charge in [-0.15, -0.1) is 0 Å². The predicted molar refractivity (Wildman–Crippen MR) is 55.9 cm³/mol. The SMILES string of the molecule is C\C1=C/C=C\C=C\NC(C)NNC1=O. The second kappa shape index (κ2) is 5.24. The molecule has 0 saturated heterocycles. The first-order valence-electron chi connectivity index (χ1n) is 4.52. The van der Waals surface area contributed by atoms with Crippen molar-refractivity contribution in [3.63, 3.8) is 0 Å². The average molecular weight is 193 g/mol. The number of hydrogen-bond acceptors (Lipinski definition) is 3. The topological polar surface area (TPSA) is 53.2 Å². The average Bonchev–Trinajstić information content (AvgIpc) is 2.20. The quantitative estimate of drug-likeness (QED) is 0.527. The third-order valence-electron chi connectivity index (χ3n) is 1.77. The van der Waals surface area contributed by atoms with Crippen molar-refractivity contribution in [1.82, 2.24) is 16.2 Å². The van der Waals surface area contributed by atoms with Crippen LogP contribution in [0.2, 0.25) is 0 Å². The number of carbonyl (C=O) groups excluding carboxylic acids is 1. The number of allylic oxidation sites excluding steroid dienone is 4. The lowest BCUT2D eigenvalue weighted by Gasteiger charge is -2.14. The molecule has 0 aromatic heterocycles. The molecule has 1 aliphatic rings. The number of carbonyl (C=O) groups is 1. The van der Waals surface area contributed by atoms with E-state index in [4.69, 9.17) is 0 Å². The molecule has 1 unspecified atom stereocenters. The molecule has 1 aliphatic heterocycles. The highest BCUT2D eigenvalue weighted by molar-refractivity contribution is 5.92. The molecule has 3 N–H and O–H groups in total. The number of hydrogen-bond donors (Lipinski definition) is 3. The molecule has 14 heavy (non-hydrogen) atoms. The Bertz CT molecular complexity index is 292.